The maximum Gasteiger partial charge on any atom is 0.191 e. The van der Waals surface area contributed by atoms with E-state index in [9.17, 15) is 5.11 Å². The Labute approximate surface area is 167 Å². The second-order valence-electron chi connectivity index (χ2n) is 6.25. The SMILES string of the molecule is CCNC(=NCC1(O)CCC1)NC(C)c1cc(OC)ccc1OC.I. The Morgan fingerprint density at radius 3 is 2.56 bits per heavy atom. The number of nitrogens with one attached hydrogen (secondary N) is 2. The molecule has 1 aromatic carbocycles. The van der Waals surface area contributed by atoms with Crippen molar-refractivity contribution in [2.75, 3.05) is 27.3 Å². The lowest BCUT2D eigenvalue weighted by Gasteiger charge is -2.35. The fraction of sp³-hybridized carbons (Fsp3) is 0.611. The van der Waals surface area contributed by atoms with E-state index >= 15 is 0 Å². The summed E-state index contributed by atoms with van der Waals surface area (Å²) in [5.41, 5.74) is 0.365. The second-order valence-corrected chi connectivity index (χ2v) is 6.25. The predicted molar refractivity (Wildman–Crippen MR) is 111 cm³/mol. The molecule has 0 aromatic heterocycles. The molecule has 1 unspecified atom stereocenters. The molecule has 0 aliphatic heterocycles. The molecule has 1 aliphatic rings. The fourth-order valence-electron chi connectivity index (χ4n) is 2.75. The number of methoxy groups -OCH3 is 2. The minimum atomic E-state index is -0.626. The van der Waals surface area contributed by atoms with Crippen LogP contribution in [0.3, 0.4) is 0 Å². The Hall–Kier alpha value is -1.22. The third-order valence-electron chi connectivity index (χ3n) is 4.42. The quantitative estimate of drug-likeness (QED) is 0.330. The molecule has 0 bridgehead atoms. The number of hydrogen-bond acceptors (Lipinski definition) is 4. The van der Waals surface area contributed by atoms with Gasteiger partial charge in [0, 0.05) is 12.1 Å². The number of benzene rings is 1. The molecule has 0 saturated heterocycles. The highest BCUT2D eigenvalue weighted by Crippen LogP contribution is 2.32. The molecule has 0 heterocycles. The first kappa shape index (κ1) is 21.8. The Morgan fingerprint density at radius 1 is 1.32 bits per heavy atom. The Morgan fingerprint density at radius 2 is 2.04 bits per heavy atom. The van der Waals surface area contributed by atoms with Crippen LogP contribution in [0, 0.1) is 0 Å². The number of hydrogen-bond donors (Lipinski definition) is 3. The number of halogens is 1. The van der Waals surface area contributed by atoms with Gasteiger partial charge in [0.1, 0.15) is 11.5 Å². The van der Waals surface area contributed by atoms with Crippen molar-refractivity contribution < 1.29 is 14.6 Å². The van der Waals surface area contributed by atoms with Crippen molar-refractivity contribution in [1.29, 1.82) is 0 Å². The third kappa shape index (κ3) is 5.91. The van der Waals surface area contributed by atoms with Gasteiger partial charge in [0.15, 0.2) is 5.96 Å². The first-order chi connectivity index (χ1) is 11.5. The second kappa shape index (κ2) is 10.1. The van der Waals surface area contributed by atoms with Crippen LogP contribution in [0.25, 0.3) is 0 Å². The van der Waals surface area contributed by atoms with E-state index in [1.165, 1.54) is 0 Å². The van der Waals surface area contributed by atoms with Crippen molar-refractivity contribution in [2.45, 2.75) is 44.8 Å². The van der Waals surface area contributed by atoms with E-state index in [1.54, 1.807) is 14.2 Å². The van der Waals surface area contributed by atoms with Crippen molar-refractivity contribution in [1.82, 2.24) is 10.6 Å². The van der Waals surface area contributed by atoms with Crippen LogP contribution in [0.2, 0.25) is 0 Å². The van der Waals surface area contributed by atoms with Crippen molar-refractivity contribution in [3.05, 3.63) is 23.8 Å². The number of aliphatic imine (C=N–C) groups is 1. The molecule has 0 amide bonds. The molecule has 25 heavy (non-hydrogen) atoms. The molecule has 1 fully saturated rings. The van der Waals surface area contributed by atoms with E-state index in [-0.39, 0.29) is 30.0 Å². The van der Waals surface area contributed by atoms with E-state index in [4.69, 9.17) is 9.47 Å². The van der Waals surface area contributed by atoms with Crippen LogP contribution >= 0.6 is 24.0 Å². The molecule has 1 atom stereocenters. The van der Waals surface area contributed by atoms with Gasteiger partial charge in [-0.15, -0.1) is 24.0 Å². The van der Waals surface area contributed by atoms with Crippen molar-refractivity contribution in [3.8, 4) is 11.5 Å². The smallest absolute Gasteiger partial charge is 0.191 e. The molecule has 0 spiro atoms. The van der Waals surface area contributed by atoms with Gasteiger partial charge in [-0.25, -0.2) is 0 Å². The molecule has 2 rings (SSSR count). The Bertz CT molecular complexity index is 577. The molecule has 7 heteroatoms. The molecule has 3 N–H and O–H groups in total. The molecule has 142 valence electrons. The summed E-state index contributed by atoms with van der Waals surface area (Å²) in [6.45, 7) is 5.24. The first-order valence-corrected chi connectivity index (χ1v) is 8.50. The summed E-state index contributed by atoms with van der Waals surface area (Å²) >= 11 is 0. The molecule has 1 aliphatic carbocycles. The number of guanidine groups is 1. The molecule has 1 aromatic rings. The predicted octanol–water partition coefficient (Wildman–Crippen LogP) is 2.85. The average Bonchev–Trinajstić information content (AvgIpc) is 2.57. The van der Waals surface area contributed by atoms with Gasteiger partial charge in [-0.2, -0.15) is 0 Å². The van der Waals surface area contributed by atoms with E-state index in [0.717, 1.165) is 42.9 Å². The van der Waals surface area contributed by atoms with Crippen LogP contribution in [-0.2, 0) is 0 Å². The number of rotatable bonds is 7. The van der Waals surface area contributed by atoms with E-state index in [2.05, 4.69) is 15.6 Å². The van der Waals surface area contributed by atoms with Gasteiger partial charge in [-0.1, -0.05) is 0 Å². The van der Waals surface area contributed by atoms with E-state index < -0.39 is 5.60 Å². The molecule has 6 nitrogen and oxygen atoms in total. The lowest BCUT2D eigenvalue weighted by molar-refractivity contribution is -0.0236. The number of ether oxygens (including phenoxy) is 2. The summed E-state index contributed by atoms with van der Waals surface area (Å²) in [4.78, 5) is 4.54. The van der Waals surface area contributed by atoms with Gasteiger partial charge < -0.3 is 25.2 Å². The largest absolute Gasteiger partial charge is 0.497 e. The first-order valence-electron chi connectivity index (χ1n) is 8.50. The third-order valence-corrected chi connectivity index (χ3v) is 4.42. The van der Waals surface area contributed by atoms with Crippen LogP contribution in [0.4, 0.5) is 0 Å². The van der Waals surface area contributed by atoms with Gasteiger partial charge in [-0.3, -0.25) is 4.99 Å². The van der Waals surface area contributed by atoms with Gasteiger partial charge >= 0.3 is 0 Å². The highest BCUT2D eigenvalue weighted by Gasteiger charge is 2.34. The Balaban J connectivity index is 0.00000312. The van der Waals surface area contributed by atoms with Crippen LogP contribution in [0.15, 0.2) is 23.2 Å². The zero-order chi connectivity index (χ0) is 17.6. The summed E-state index contributed by atoms with van der Waals surface area (Å²) in [7, 11) is 3.30. The number of aliphatic hydroxyl groups is 1. The van der Waals surface area contributed by atoms with Crippen LogP contribution in [0.1, 0.15) is 44.7 Å². The van der Waals surface area contributed by atoms with Crippen LogP contribution in [0.5, 0.6) is 11.5 Å². The maximum atomic E-state index is 10.2. The standard InChI is InChI=1S/C18H29N3O3.HI/c1-5-19-17(20-12-18(22)9-6-10-18)21-13(2)15-11-14(23-3)7-8-16(15)24-4;/h7-8,11,13,22H,5-6,9-10,12H2,1-4H3,(H2,19,20,21);1H. The zero-order valence-corrected chi connectivity index (χ0v) is 17.8. The minimum absolute atomic E-state index is 0. The van der Waals surface area contributed by atoms with Crippen LogP contribution < -0.4 is 20.1 Å². The normalized spacial score (nSPS) is 16.9. The highest BCUT2D eigenvalue weighted by molar-refractivity contribution is 14.0. The average molecular weight is 463 g/mol. The summed E-state index contributed by atoms with van der Waals surface area (Å²) in [6.07, 6.45) is 2.73. The summed E-state index contributed by atoms with van der Waals surface area (Å²) in [6, 6.07) is 5.71. The van der Waals surface area contributed by atoms with E-state index in [1.807, 2.05) is 32.0 Å². The zero-order valence-electron chi connectivity index (χ0n) is 15.5. The molecular formula is C18H30IN3O3. The van der Waals surface area contributed by atoms with Gasteiger partial charge in [0.25, 0.3) is 0 Å². The summed E-state index contributed by atoms with van der Waals surface area (Å²) < 4.78 is 10.8. The maximum absolute atomic E-state index is 10.2. The molecular weight excluding hydrogens is 433 g/mol. The van der Waals surface area contributed by atoms with Crippen molar-refractivity contribution in [2.24, 2.45) is 4.99 Å². The highest BCUT2D eigenvalue weighted by atomic mass is 127. The Kier molecular flexibility index (Phi) is 8.78. The van der Waals surface area contributed by atoms with Crippen LogP contribution in [-0.4, -0.2) is 44.0 Å². The lowest BCUT2D eigenvalue weighted by Crippen LogP contribution is -2.43. The van der Waals surface area contributed by atoms with Gasteiger partial charge in [0.05, 0.1) is 32.4 Å². The lowest BCUT2D eigenvalue weighted by atomic mass is 9.80. The number of nitrogens with zero attached hydrogens (tertiary/aromatic N) is 1. The molecule has 1 saturated carbocycles. The van der Waals surface area contributed by atoms with Crippen molar-refractivity contribution in [3.63, 3.8) is 0 Å². The van der Waals surface area contributed by atoms with Gasteiger partial charge in [-0.05, 0) is 51.3 Å². The summed E-state index contributed by atoms with van der Waals surface area (Å²) in [5.74, 6) is 2.27. The van der Waals surface area contributed by atoms with Crippen molar-refractivity contribution >= 4 is 29.9 Å². The fourth-order valence-corrected chi connectivity index (χ4v) is 2.75. The monoisotopic (exact) mass is 463 g/mol. The summed E-state index contributed by atoms with van der Waals surface area (Å²) in [5, 5.41) is 16.8. The minimum Gasteiger partial charge on any atom is -0.497 e. The topological polar surface area (TPSA) is 75.1 Å². The van der Waals surface area contributed by atoms with E-state index in [0.29, 0.717) is 12.5 Å². The molecule has 0 radical (unpaired) electrons. The van der Waals surface area contributed by atoms with Gasteiger partial charge in [0.2, 0.25) is 0 Å².